The van der Waals surface area contributed by atoms with Gasteiger partial charge in [0.15, 0.2) is 0 Å². The topological polar surface area (TPSA) is 99.2 Å². The van der Waals surface area contributed by atoms with Crippen LogP contribution in [0.2, 0.25) is 0 Å². The molecule has 0 saturated carbocycles. The van der Waals surface area contributed by atoms with Gasteiger partial charge in [0.25, 0.3) is 5.91 Å². The molecule has 0 radical (unpaired) electrons. The van der Waals surface area contributed by atoms with Crippen molar-refractivity contribution in [3.63, 3.8) is 0 Å². The first-order valence-corrected chi connectivity index (χ1v) is 8.98. The first kappa shape index (κ1) is 18.6. The van der Waals surface area contributed by atoms with Crippen molar-refractivity contribution in [3.8, 4) is 0 Å². The third-order valence-corrected chi connectivity index (χ3v) is 4.68. The van der Waals surface area contributed by atoms with E-state index >= 15 is 0 Å². The maximum atomic E-state index is 12.5. The molecule has 0 spiro atoms. The molecule has 1 aliphatic rings. The molecule has 1 aromatic carbocycles. The minimum atomic E-state index is -0.279. The molecule has 1 saturated heterocycles. The largest absolute Gasteiger partial charge is 0.355 e. The molecule has 1 aliphatic heterocycles. The van der Waals surface area contributed by atoms with Gasteiger partial charge in [-0.3, -0.25) is 9.78 Å². The lowest BCUT2D eigenvalue weighted by Crippen LogP contribution is -2.49. The Balaban J connectivity index is 1.62. The molecule has 8 nitrogen and oxygen atoms in total. The summed E-state index contributed by atoms with van der Waals surface area (Å²) < 4.78 is 0. The summed E-state index contributed by atoms with van der Waals surface area (Å²) in [6.07, 6.45) is 6.91. The lowest BCUT2D eigenvalue weighted by molar-refractivity contribution is 0.0962. The maximum Gasteiger partial charge on any atom is 0.319 e. The molecule has 1 unspecified atom stereocenters. The second kappa shape index (κ2) is 8.48. The van der Waals surface area contributed by atoms with E-state index in [2.05, 4.69) is 30.8 Å². The number of piperidine rings is 1. The molecule has 142 valence electrons. The van der Waals surface area contributed by atoms with Gasteiger partial charge in [-0.15, -0.1) is 0 Å². The highest BCUT2D eigenvalue weighted by Gasteiger charge is 2.22. The predicted molar refractivity (Wildman–Crippen MR) is 104 cm³/mol. The summed E-state index contributed by atoms with van der Waals surface area (Å²) in [5.74, 6) is 0.641. The van der Waals surface area contributed by atoms with Gasteiger partial charge in [-0.1, -0.05) is 6.07 Å². The van der Waals surface area contributed by atoms with E-state index in [-0.39, 0.29) is 18.0 Å². The van der Waals surface area contributed by atoms with Crippen LogP contribution in [0.3, 0.4) is 0 Å². The molecule has 8 heteroatoms. The Morgan fingerprint density at radius 3 is 2.85 bits per heavy atom. The van der Waals surface area contributed by atoms with Crippen LogP contribution in [0.1, 0.15) is 28.8 Å². The number of carbonyl (C=O) groups excluding carboxylic acids is 2. The molecule has 3 rings (SSSR count). The zero-order valence-corrected chi connectivity index (χ0v) is 15.5. The molecule has 0 aliphatic carbocycles. The fourth-order valence-corrected chi connectivity index (χ4v) is 3.25. The van der Waals surface area contributed by atoms with E-state index in [9.17, 15) is 9.59 Å². The number of rotatable bonds is 4. The molecular weight excluding hydrogens is 344 g/mol. The SMILES string of the molecule is CNC(=O)c1cccc(NC(=O)NC2CCCN(c3cnccn3)C2)c1C. The second-order valence-corrected chi connectivity index (χ2v) is 6.50. The number of carbonyl (C=O) groups is 2. The van der Waals surface area contributed by atoms with Crippen LogP contribution in [0.25, 0.3) is 0 Å². The molecule has 2 heterocycles. The molecule has 3 N–H and O–H groups in total. The average Bonchev–Trinajstić information content (AvgIpc) is 2.70. The lowest BCUT2D eigenvalue weighted by atomic mass is 10.1. The Kier molecular flexibility index (Phi) is 5.85. The number of nitrogens with one attached hydrogen (secondary N) is 3. The summed E-state index contributed by atoms with van der Waals surface area (Å²) in [5.41, 5.74) is 1.90. The lowest BCUT2D eigenvalue weighted by Gasteiger charge is -2.33. The number of hydrogen-bond acceptors (Lipinski definition) is 5. The molecule has 27 heavy (non-hydrogen) atoms. The van der Waals surface area contributed by atoms with Gasteiger partial charge >= 0.3 is 6.03 Å². The molecule has 1 fully saturated rings. The quantitative estimate of drug-likeness (QED) is 0.766. The second-order valence-electron chi connectivity index (χ2n) is 6.50. The van der Waals surface area contributed by atoms with E-state index in [1.807, 2.05) is 6.92 Å². The van der Waals surface area contributed by atoms with Crippen LogP contribution in [0, 0.1) is 6.92 Å². The number of benzene rings is 1. The van der Waals surface area contributed by atoms with Crippen molar-refractivity contribution in [3.05, 3.63) is 47.9 Å². The number of nitrogens with zero attached hydrogens (tertiary/aromatic N) is 3. The summed E-state index contributed by atoms with van der Waals surface area (Å²) in [5, 5.41) is 8.48. The number of anilines is 2. The summed E-state index contributed by atoms with van der Waals surface area (Å²) in [6.45, 7) is 3.39. The van der Waals surface area contributed by atoms with E-state index < -0.39 is 0 Å². The maximum absolute atomic E-state index is 12.5. The summed E-state index contributed by atoms with van der Waals surface area (Å²) in [4.78, 5) is 34.9. The standard InChI is InChI=1S/C19H24N6O2/c1-13-15(18(26)20-2)6-3-7-16(13)24-19(27)23-14-5-4-10-25(12-14)17-11-21-8-9-22-17/h3,6-9,11,14H,4-5,10,12H2,1-2H3,(H,20,26)(H2,23,24,27). The molecule has 0 bridgehead atoms. The summed E-state index contributed by atoms with van der Waals surface area (Å²) >= 11 is 0. The van der Waals surface area contributed by atoms with Crippen LogP contribution in [0.5, 0.6) is 0 Å². The molecule has 3 amide bonds. The van der Waals surface area contributed by atoms with Crippen molar-refractivity contribution >= 4 is 23.4 Å². The van der Waals surface area contributed by atoms with Gasteiger partial charge in [0.1, 0.15) is 5.82 Å². The highest BCUT2D eigenvalue weighted by Crippen LogP contribution is 2.20. The molecular formula is C19H24N6O2. The van der Waals surface area contributed by atoms with E-state index in [4.69, 9.17) is 0 Å². The predicted octanol–water partition coefficient (Wildman–Crippen LogP) is 1.94. The average molecular weight is 368 g/mol. The number of urea groups is 1. The van der Waals surface area contributed by atoms with Gasteiger partial charge in [0, 0.05) is 49.8 Å². The van der Waals surface area contributed by atoms with E-state index in [0.29, 0.717) is 17.8 Å². The molecule has 2 aromatic rings. The van der Waals surface area contributed by atoms with Crippen molar-refractivity contribution in [1.82, 2.24) is 20.6 Å². The van der Waals surface area contributed by atoms with Crippen molar-refractivity contribution < 1.29 is 9.59 Å². The smallest absolute Gasteiger partial charge is 0.319 e. The van der Waals surface area contributed by atoms with Gasteiger partial charge in [-0.2, -0.15) is 0 Å². The fourth-order valence-electron chi connectivity index (χ4n) is 3.25. The van der Waals surface area contributed by atoms with Crippen molar-refractivity contribution in [2.45, 2.75) is 25.8 Å². The molecule has 1 atom stereocenters. The van der Waals surface area contributed by atoms with Crippen LogP contribution < -0.4 is 20.9 Å². The normalized spacial score (nSPS) is 16.5. The fraction of sp³-hybridized carbons (Fsp3) is 0.368. The highest BCUT2D eigenvalue weighted by molar-refractivity contribution is 5.98. The minimum absolute atomic E-state index is 0.0168. The van der Waals surface area contributed by atoms with Gasteiger partial charge in [0.2, 0.25) is 0 Å². The Morgan fingerprint density at radius 1 is 1.26 bits per heavy atom. The summed E-state index contributed by atoms with van der Waals surface area (Å²) in [7, 11) is 1.58. The van der Waals surface area contributed by atoms with Gasteiger partial charge in [-0.05, 0) is 37.5 Å². The monoisotopic (exact) mass is 368 g/mol. The zero-order valence-electron chi connectivity index (χ0n) is 15.5. The summed E-state index contributed by atoms with van der Waals surface area (Å²) in [6, 6.07) is 5.01. The van der Waals surface area contributed by atoms with Crippen molar-refractivity contribution in [1.29, 1.82) is 0 Å². The Bertz CT molecular complexity index is 811. The van der Waals surface area contributed by atoms with E-state index in [1.54, 1.807) is 43.8 Å². The Labute approximate surface area is 158 Å². The zero-order chi connectivity index (χ0) is 19.2. The van der Waals surface area contributed by atoms with Gasteiger partial charge in [-0.25, -0.2) is 9.78 Å². The van der Waals surface area contributed by atoms with Gasteiger partial charge < -0.3 is 20.9 Å². The van der Waals surface area contributed by atoms with Crippen molar-refractivity contribution in [2.75, 3.05) is 30.4 Å². The third-order valence-electron chi connectivity index (χ3n) is 4.68. The van der Waals surface area contributed by atoms with Crippen LogP contribution in [-0.4, -0.2) is 48.1 Å². The van der Waals surface area contributed by atoms with E-state index in [0.717, 1.165) is 30.8 Å². The molecule has 1 aromatic heterocycles. The van der Waals surface area contributed by atoms with Crippen LogP contribution >= 0.6 is 0 Å². The number of amides is 3. The van der Waals surface area contributed by atoms with Gasteiger partial charge in [0.05, 0.1) is 6.20 Å². The Hall–Kier alpha value is -3.16. The Morgan fingerprint density at radius 2 is 2.11 bits per heavy atom. The first-order valence-electron chi connectivity index (χ1n) is 8.98. The number of hydrogen-bond donors (Lipinski definition) is 3. The van der Waals surface area contributed by atoms with Crippen LogP contribution in [-0.2, 0) is 0 Å². The number of aromatic nitrogens is 2. The highest BCUT2D eigenvalue weighted by atomic mass is 16.2. The van der Waals surface area contributed by atoms with Crippen LogP contribution in [0.15, 0.2) is 36.8 Å². The third kappa shape index (κ3) is 4.52. The van der Waals surface area contributed by atoms with E-state index in [1.165, 1.54) is 0 Å². The van der Waals surface area contributed by atoms with Crippen LogP contribution in [0.4, 0.5) is 16.3 Å². The minimum Gasteiger partial charge on any atom is -0.355 e. The first-order chi connectivity index (χ1) is 13.1. The van der Waals surface area contributed by atoms with Crippen molar-refractivity contribution in [2.24, 2.45) is 0 Å².